The molecule has 0 saturated carbocycles. The van der Waals surface area contributed by atoms with E-state index < -0.39 is 0 Å². The van der Waals surface area contributed by atoms with Crippen LogP contribution in [0, 0.1) is 0 Å². The zero-order valence-corrected chi connectivity index (χ0v) is 14.2. The molecule has 0 aromatic rings. The van der Waals surface area contributed by atoms with Crippen LogP contribution in [0.25, 0.3) is 0 Å². The van der Waals surface area contributed by atoms with Gasteiger partial charge in [0.2, 0.25) is 0 Å². The lowest BCUT2D eigenvalue weighted by Gasteiger charge is -2.33. The molecule has 0 aliphatic carbocycles. The van der Waals surface area contributed by atoms with Gasteiger partial charge in [-0.25, -0.2) is 4.79 Å². The molecule has 0 aromatic heterocycles. The maximum Gasteiger partial charge on any atom is 0.317 e. The van der Waals surface area contributed by atoms with E-state index in [1.807, 2.05) is 6.92 Å². The number of hydrogen-bond donors (Lipinski definition) is 1. The highest BCUT2D eigenvalue weighted by Gasteiger charge is 2.27. The third-order valence-corrected chi connectivity index (χ3v) is 4.75. The van der Waals surface area contributed by atoms with Crippen molar-refractivity contribution in [2.45, 2.75) is 57.9 Å². The maximum atomic E-state index is 12.5. The minimum absolute atomic E-state index is 0.127. The molecule has 128 valence electrons. The number of nitrogens with zero attached hydrogens (tertiary/aromatic N) is 2. The average molecular weight is 311 g/mol. The third kappa shape index (κ3) is 5.76. The van der Waals surface area contributed by atoms with Crippen molar-refractivity contribution in [3.05, 3.63) is 0 Å². The Kier molecular flexibility index (Phi) is 8.02. The van der Waals surface area contributed by atoms with Crippen LogP contribution in [0.15, 0.2) is 0 Å². The third-order valence-electron chi connectivity index (χ3n) is 4.75. The Morgan fingerprint density at radius 2 is 1.91 bits per heavy atom. The molecule has 0 aromatic carbocycles. The summed E-state index contributed by atoms with van der Waals surface area (Å²) in [5, 5.41) is 3.08. The molecule has 0 bridgehead atoms. The number of hydrogen-bond acceptors (Lipinski definition) is 3. The first-order valence-corrected chi connectivity index (χ1v) is 9.16. The number of urea groups is 1. The summed E-state index contributed by atoms with van der Waals surface area (Å²) < 4.78 is 5.32. The lowest BCUT2D eigenvalue weighted by molar-refractivity contribution is 0.139. The molecule has 2 amide bonds. The van der Waals surface area contributed by atoms with Gasteiger partial charge in [-0.15, -0.1) is 0 Å². The molecule has 1 N–H and O–H groups in total. The minimum Gasteiger partial charge on any atom is -0.382 e. The molecule has 2 heterocycles. The minimum atomic E-state index is 0.127. The van der Waals surface area contributed by atoms with Crippen molar-refractivity contribution >= 4 is 6.03 Å². The number of rotatable bonds is 7. The summed E-state index contributed by atoms with van der Waals surface area (Å²) in [6, 6.07) is 0.523. The van der Waals surface area contributed by atoms with Crippen LogP contribution >= 0.6 is 0 Å². The molecule has 1 atom stereocenters. The standard InChI is InChI=1S/C17H33N3O2/c1-2-22-14-8-10-18-17(21)20-13-5-3-4-9-16(20)15-19-11-6-7-12-19/h16H,2-15H2,1H3,(H,18,21). The molecule has 2 saturated heterocycles. The summed E-state index contributed by atoms with van der Waals surface area (Å²) in [5.41, 5.74) is 0. The summed E-state index contributed by atoms with van der Waals surface area (Å²) in [4.78, 5) is 17.2. The number of nitrogens with one attached hydrogen (secondary N) is 1. The van der Waals surface area contributed by atoms with Gasteiger partial charge in [0.15, 0.2) is 0 Å². The van der Waals surface area contributed by atoms with Crippen LogP contribution in [0.4, 0.5) is 4.79 Å². The Bertz CT molecular complexity index is 319. The molecule has 0 radical (unpaired) electrons. The van der Waals surface area contributed by atoms with Gasteiger partial charge in [0, 0.05) is 38.9 Å². The maximum absolute atomic E-state index is 12.5. The van der Waals surface area contributed by atoms with E-state index in [-0.39, 0.29) is 6.03 Å². The highest BCUT2D eigenvalue weighted by atomic mass is 16.5. The molecule has 5 heteroatoms. The van der Waals surface area contributed by atoms with E-state index in [2.05, 4.69) is 15.1 Å². The highest BCUT2D eigenvalue weighted by molar-refractivity contribution is 5.74. The summed E-state index contributed by atoms with van der Waals surface area (Å²) in [6.07, 6.45) is 8.33. The molecular weight excluding hydrogens is 278 g/mol. The van der Waals surface area contributed by atoms with Gasteiger partial charge >= 0.3 is 6.03 Å². The number of amides is 2. The zero-order chi connectivity index (χ0) is 15.6. The number of carbonyl (C=O) groups excluding carboxylic acids is 1. The second-order valence-corrected chi connectivity index (χ2v) is 6.49. The van der Waals surface area contributed by atoms with E-state index >= 15 is 0 Å². The van der Waals surface area contributed by atoms with E-state index in [1.54, 1.807) is 0 Å². The molecule has 2 aliphatic heterocycles. The average Bonchev–Trinajstić information content (AvgIpc) is 2.91. The van der Waals surface area contributed by atoms with Crippen LogP contribution in [-0.2, 0) is 4.74 Å². The monoisotopic (exact) mass is 311 g/mol. The van der Waals surface area contributed by atoms with Crippen LogP contribution in [-0.4, -0.2) is 67.8 Å². The smallest absolute Gasteiger partial charge is 0.317 e. The fraction of sp³-hybridized carbons (Fsp3) is 0.941. The first-order valence-electron chi connectivity index (χ1n) is 9.16. The Hall–Kier alpha value is -0.810. The molecule has 1 unspecified atom stereocenters. The van der Waals surface area contributed by atoms with Crippen molar-refractivity contribution in [3.8, 4) is 0 Å². The van der Waals surface area contributed by atoms with Crippen LogP contribution < -0.4 is 5.32 Å². The summed E-state index contributed by atoms with van der Waals surface area (Å²) in [6.45, 7) is 8.58. The molecule has 22 heavy (non-hydrogen) atoms. The van der Waals surface area contributed by atoms with E-state index in [1.165, 1.54) is 38.8 Å². The molecule has 2 rings (SSSR count). The largest absolute Gasteiger partial charge is 0.382 e. The Morgan fingerprint density at radius 3 is 2.68 bits per heavy atom. The van der Waals surface area contributed by atoms with Crippen LogP contribution in [0.5, 0.6) is 0 Å². The second kappa shape index (κ2) is 10.1. The van der Waals surface area contributed by atoms with Crippen molar-refractivity contribution in [1.82, 2.24) is 15.1 Å². The van der Waals surface area contributed by atoms with Crippen molar-refractivity contribution in [3.63, 3.8) is 0 Å². The van der Waals surface area contributed by atoms with Crippen LogP contribution in [0.3, 0.4) is 0 Å². The molecule has 5 nitrogen and oxygen atoms in total. The van der Waals surface area contributed by atoms with Gasteiger partial charge in [0.1, 0.15) is 0 Å². The lowest BCUT2D eigenvalue weighted by atomic mass is 10.1. The summed E-state index contributed by atoms with van der Waals surface area (Å²) in [7, 11) is 0. The van der Waals surface area contributed by atoms with E-state index in [9.17, 15) is 4.79 Å². The van der Waals surface area contributed by atoms with Crippen molar-refractivity contribution in [2.24, 2.45) is 0 Å². The van der Waals surface area contributed by atoms with Gasteiger partial charge in [-0.3, -0.25) is 0 Å². The normalized spacial score (nSPS) is 23.5. The lowest BCUT2D eigenvalue weighted by Crippen LogP contribution is -2.50. The van der Waals surface area contributed by atoms with Gasteiger partial charge in [-0.2, -0.15) is 0 Å². The Labute approximate surface area is 135 Å². The topological polar surface area (TPSA) is 44.8 Å². The first-order chi connectivity index (χ1) is 10.8. The van der Waals surface area contributed by atoms with Crippen LogP contribution in [0.1, 0.15) is 51.9 Å². The predicted molar refractivity (Wildman–Crippen MR) is 89.1 cm³/mol. The molecular formula is C17H33N3O2. The van der Waals surface area contributed by atoms with Crippen molar-refractivity contribution < 1.29 is 9.53 Å². The van der Waals surface area contributed by atoms with Gasteiger partial charge in [0.05, 0.1) is 0 Å². The molecule has 2 aliphatic rings. The fourth-order valence-electron chi connectivity index (χ4n) is 3.51. The quantitative estimate of drug-likeness (QED) is 0.735. The summed E-state index contributed by atoms with van der Waals surface area (Å²) in [5.74, 6) is 0. The Balaban J connectivity index is 1.78. The number of ether oxygens (including phenoxy) is 1. The predicted octanol–water partition coefficient (Wildman–Crippen LogP) is 2.46. The van der Waals surface area contributed by atoms with E-state index in [0.717, 1.165) is 45.6 Å². The van der Waals surface area contributed by atoms with Gasteiger partial charge < -0.3 is 19.9 Å². The van der Waals surface area contributed by atoms with Crippen molar-refractivity contribution in [2.75, 3.05) is 45.9 Å². The Morgan fingerprint density at radius 1 is 1.14 bits per heavy atom. The van der Waals surface area contributed by atoms with Crippen molar-refractivity contribution in [1.29, 1.82) is 0 Å². The molecule has 0 spiro atoms. The SMILES string of the molecule is CCOCCCNC(=O)N1CCCCCC1CN1CCCC1. The highest BCUT2D eigenvalue weighted by Crippen LogP contribution is 2.19. The van der Waals surface area contributed by atoms with Gasteiger partial charge in [0.25, 0.3) is 0 Å². The first kappa shape index (κ1) is 17.5. The van der Waals surface area contributed by atoms with Gasteiger partial charge in [-0.1, -0.05) is 12.8 Å². The second-order valence-electron chi connectivity index (χ2n) is 6.49. The number of carbonyl (C=O) groups is 1. The fourth-order valence-corrected chi connectivity index (χ4v) is 3.51. The van der Waals surface area contributed by atoms with Crippen LogP contribution in [0.2, 0.25) is 0 Å². The molecule has 2 fully saturated rings. The van der Waals surface area contributed by atoms with E-state index in [4.69, 9.17) is 4.74 Å². The summed E-state index contributed by atoms with van der Waals surface area (Å²) >= 11 is 0. The number of likely N-dealkylation sites (tertiary alicyclic amines) is 2. The van der Waals surface area contributed by atoms with E-state index in [0.29, 0.717) is 12.6 Å². The zero-order valence-electron chi connectivity index (χ0n) is 14.2. The van der Waals surface area contributed by atoms with Gasteiger partial charge in [-0.05, 0) is 52.1 Å².